The molecule has 24 heavy (non-hydrogen) atoms. The van der Waals surface area contributed by atoms with Crippen LogP contribution in [0.25, 0.3) is 0 Å². The van der Waals surface area contributed by atoms with E-state index in [0.717, 1.165) is 38.0 Å². The molecule has 0 aliphatic carbocycles. The van der Waals surface area contributed by atoms with Gasteiger partial charge in [-0.15, -0.1) is 11.3 Å². The van der Waals surface area contributed by atoms with Crippen molar-refractivity contribution >= 4 is 22.7 Å². The Morgan fingerprint density at radius 1 is 1.21 bits per heavy atom. The number of benzene rings is 1. The molecule has 0 radical (unpaired) electrons. The van der Waals surface area contributed by atoms with E-state index in [0.29, 0.717) is 0 Å². The predicted octanol–water partition coefficient (Wildman–Crippen LogP) is 5.77. The van der Waals surface area contributed by atoms with E-state index in [1.54, 1.807) is 4.88 Å². The fraction of sp³-hybridized carbons (Fsp3) is 0.429. The maximum absolute atomic E-state index is 4.13. The second kappa shape index (κ2) is 7.43. The van der Waals surface area contributed by atoms with Gasteiger partial charge in [-0.3, -0.25) is 0 Å². The van der Waals surface area contributed by atoms with E-state index in [-0.39, 0.29) is 0 Å². The van der Waals surface area contributed by atoms with E-state index in [2.05, 4.69) is 61.1 Å². The van der Waals surface area contributed by atoms with Crippen LogP contribution in [0.2, 0.25) is 0 Å². The second-order valence-electron chi connectivity index (χ2n) is 6.47. The maximum Gasteiger partial charge on any atom is 0.0448 e. The lowest BCUT2D eigenvalue weighted by Crippen LogP contribution is -2.29. The zero-order chi connectivity index (χ0) is 17.1. The van der Waals surface area contributed by atoms with Crippen LogP contribution >= 0.6 is 11.3 Å². The van der Waals surface area contributed by atoms with Crippen molar-refractivity contribution < 1.29 is 0 Å². The summed E-state index contributed by atoms with van der Waals surface area (Å²) >= 11 is 1.90. The minimum atomic E-state index is 0.959. The third kappa shape index (κ3) is 3.36. The third-order valence-electron chi connectivity index (χ3n) is 4.95. The lowest BCUT2D eigenvalue weighted by atomic mass is 9.99. The van der Waals surface area contributed by atoms with E-state index < -0.39 is 0 Å². The van der Waals surface area contributed by atoms with E-state index in [1.165, 1.54) is 34.5 Å². The number of fused-ring (bicyclic) bond motifs is 1. The highest BCUT2D eigenvalue weighted by Crippen LogP contribution is 2.33. The Balaban J connectivity index is 1.93. The number of rotatable bonds is 6. The summed E-state index contributed by atoms with van der Waals surface area (Å²) in [5.74, 6) is 0. The molecule has 0 saturated heterocycles. The zero-order valence-corrected chi connectivity index (χ0v) is 15.9. The van der Waals surface area contributed by atoms with Crippen LogP contribution in [-0.4, -0.2) is 6.54 Å². The molecule has 0 atom stereocenters. The maximum atomic E-state index is 4.13. The number of nitrogens with one attached hydrogen (secondary N) is 1. The van der Waals surface area contributed by atoms with Gasteiger partial charge in [0.2, 0.25) is 0 Å². The number of allylic oxidation sites excluding steroid dienone is 1. The molecule has 3 heteroatoms. The molecule has 1 N–H and O–H groups in total. The van der Waals surface area contributed by atoms with Gasteiger partial charge in [-0.2, -0.15) is 0 Å². The Bertz CT molecular complexity index is 704. The van der Waals surface area contributed by atoms with Crippen molar-refractivity contribution in [1.82, 2.24) is 0 Å². The first kappa shape index (κ1) is 17.1. The van der Waals surface area contributed by atoms with Gasteiger partial charge >= 0.3 is 0 Å². The van der Waals surface area contributed by atoms with E-state index >= 15 is 0 Å². The zero-order valence-electron chi connectivity index (χ0n) is 15.1. The average molecular weight is 341 g/mol. The summed E-state index contributed by atoms with van der Waals surface area (Å²) in [6, 6.07) is 7.04. The SMILES string of the molecule is C=C(CC)Nc1c(CC)cc(N2CCc3sccc3C2)cc1CC. The van der Waals surface area contributed by atoms with Crippen molar-refractivity contribution in [3.05, 3.63) is 57.4 Å². The molecule has 3 rings (SSSR count). The number of anilines is 2. The Hall–Kier alpha value is -1.74. The summed E-state index contributed by atoms with van der Waals surface area (Å²) in [6.07, 6.45) is 4.21. The highest BCUT2D eigenvalue weighted by molar-refractivity contribution is 7.10. The van der Waals surface area contributed by atoms with E-state index in [1.807, 2.05) is 11.3 Å². The monoisotopic (exact) mass is 340 g/mol. The first-order chi connectivity index (χ1) is 11.7. The highest BCUT2D eigenvalue weighted by Gasteiger charge is 2.19. The first-order valence-corrected chi connectivity index (χ1v) is 9.94. The first-order valence-electron chi connectivity index (χ1n) is 9.07. The van der Waals surface area contributed by atoms with Crippen LogP contribution in [0.3, 0.4) is 0 Å². The molecule has 2 nitrogen and oxygen atoms in total. The number of hydrogen-bond acceptors (Lipinski definition) is 3. The van der Waals surface area contributed by atoms with Crippen molar-refractivity contribution in [2.45, 2.75) is 53.0 Å². The molecule has 0 spiro atoms. The van der Waals surface area contributed by atoms with Crippen molar-refractivity contribution in [1.29, 1.82) is 0 Å². The summed E-state index contributed by atoms with van der Waals surface area (Å²) in [5.41, 5.74) is 8.04. The van der Waals surface area contributed by atoms with Crippen LogP contribution in [0.4, 0.5) is 11.4 Å². The van der Waals surface area contributed by atoms with Crippen LogP contribution in [0, 0.1) is 0 Å². The van der Waals surface area contributed by atoms with Crippen LogP contribution in [0.15, 0.2) is 35.9 Å². The Labute approximate surface area is 150 Å². The third-order valence-corrected chi connectivity index (χ3v) is 5.97. The van der Waals surface area contributed by atoms with Gasteiger partial charge in [0.25, 0.3) is 0 Å². The molecule has 1 aromatic carbocycles. The molecule has 0 bridgehead atoms. The van der Waals surface area contributed by atoms with Gasteiger partial charge in [0, 0.05) is 35.0 Å². The average Bonchev–Trinajstić information content (AvgIpc) is 3.09. The van der Waals surface area contributed by atoms with E-state index in [4.69, 9.17) is 0 Å². The molecule has 0 saturated carbocycles. The van der Waals surface area contributed by atoms with Crippen molar-refractivity contribution in [3.63, 3.8) is 0 Å². The summed E-state index contributed by atoms with van der Waals surface area (Å²) < 4.78 is 0. The fourth-order valence-corrected chi connectivity index (χ4v) is 4.27. The van der Waals surface area contributed by atoms with Gasteiger partial charge in [0.05, 0.1) is 0 Å². The van der Waals surface area contributed by atoms with Gasteiger partial charge < -0.3 is 10.2 Å². The topological polar surface area (TPSA) is 15.3 Å². The molecule has 0 amide bonds. The molecule has 1 aliphatic heterocycles. The quantitative estimate of drug-likeness (QED) is 0.718. The van der Waals surface area contributed by atoms with Crippen LogP contribution in [-0.2, 0) is 25.8 Å². The predicted molar refractivity (Wildman–Crippen MR) is 107 cm³/mol. The van der Waals surface area contributed by atoms with Crippen molar-refractivity contribution in [3.8, 4) is 0 Å². The van der Waals surface area contributed by atoms with Gasteiger partial charge in [-0.05, 0) is 66.0 Å². The Morgan fingerprint density at radius 3 is 2.54 bits per heavy atom. The van der Waals surface area contributed by atoms with Crippen molar-refractivity contribution in [2.24, 2.45) is 0 Å². The minimum absolute atomic E-state index is 0.959. The number of hydrogen-bond donors (Lipinski definition) is 1. The van der Waals surface area contributed by atoms with Crippen molar-refractivity contribution in [2.75, 3.05) is 16.8 Å². The van der Waals surface area contributed by atoms with E-state index in [9.17, 15) is 0 Å². The van der Waals surface area contributed by atoms with Crippen LogP contribution < -0.4 is 10.2 Å². The van der Waals surface area contributed by atoms with Gasteiger partial charge in [0.1, 0.15) is 0 Å². The second-order valence-corrected chi connectivity index (χ2v) is 7.47. The van der Waals surface area contributed by atoms with Crippen LogP contribution in [0.5, 0.6) is 0 Å². The molecule has 2 aromatic rings. The Morgan fingerprint density at radius 2 is 1.92 bits per heavy atom. The lowest BCUT2D eigenvalue weighted by Gasteiger charge is -2.31. The normalized spacial score (nSPS) is 13.7. The molecule has 1 aliphatic rings. The number of aryl methyl sites for hydroxylation is 2. The minimum Gasteiger partial charge on any atom is -0.367 e. The molecule has 1 aromatic heterocycles. The summed E-state index contributed by atoms with van der Waals surface area (Å²) in [4.78, 5) is 4.10. The molecule has 128 valence electrons. The van der Waals surface area contributed by atoms with Gasteiger partial charge in [-0.25, -0.2) is 0 Å². The number of thiophene rings is 1. The highest BCUT2D eigenvalue weighted by atomic mass is 32.1. The summed E-state index contributed by atoms with van der Waals surface area (Å²) in [7, 11) is 0. The smallest absolute Gasteiger partial charge is 0.0448 e. The van der Waals surface area contributed by atoms with Crippen LogP contribution in [0.1, 0.15) is 48.8 Å². The molecule has 2 heterocycles. The summed E-state index contributed by atoms with van der Waals surface area (Å²) in [6.45, 7) is 12.9. The molecule has 0 unspecified atom stereocenters. The molecular weight excluding hydrogens is 312 g/mol. The molecular formula is C21H28N2S. The Kier molecular flexibility index (Phi) is 5.30. The lowest BCUT2D eigenvalue weighted by molar-refractivity contribution is 0.742. The number of nitrogens with zero attached hydrogens (tertiary/aromatic N) is 1. The standard InChI is InChI=1S/C21H28N2S/c1-5-15(4)22-21-16(6-2)12-19(13-17(21)7-3)23-10-8-20-18(14-23)9-11-24-20/h9,11-13,22H,4-8,10,14H2,1-3H3. The molecule has 0 fully saturated rings. The van der Waals surface area contributed by atoms with Gasteiger partial charge in [-0.1, -0.05) is 27.4 Å². The largest absolute Gasteiger partial charge is 0.367 e. The fourth-order valence-electron chi connectivity index (χ4n) is 3.38. The van der Waals surface area contributed by atoms with Gasteiger partial charge in [0.15, 0.2) is 0 Å². The summed E-state index contributed by atoms with van der Waals surface area (Å²) in [5, 5.41) is 5.79.